The van der Waals surface area contributed by atoms with Crippen LogP contribution in [-0.4, -0.2) is 17.7 Å². The summed E-state index contributed by atoms with van der Waals surface area (Å²) in [5.74, 6) is 1.16. The van der Waals surface area contributed by atoms with Crippen LogP contribution in [0.4, 0.5) is 4.79 Å². The van der Waals surface area contributed by atoms with Gasteiger partial charge in [0.1, 0.15) is 17.1 Å². The second-order valence-corrected chi connectivity index (χ2v) is 7.56. The molecule has 2 aromatic heterocycles. The number of hydrogen-bond acceptors (Lipinski definition) is 4. The van der Waals surface area contributed by atoms with Crippen molar-refractivity contribution in [2.45, 2.75) is 46.3 Å². The Morgan fingerprint density at radius 1 is 1.39 bits per heavy atom. The molecule has 0 radical (unpaired) electrons. The van der Waals surface area contributed by atoms with Crippen LogP contribution in [0.15, 0.2) is 22.6 Å². The van der Waals surface area contributed by atoms with Crippen LogP contribution in [0.1, 0.15) is 46.7 Å². The fourth-order valence-electron chi connectivity index (χ4n) is 2.47. The molecule has 0 aliphatic heterocycles. The lowest BCUT2D eigenvalue weighted by Crippen LogP contribution is -2.44. The smallest absolute Gasteiger partial charge is 0.315 e. The van der Waals surface area contributed by atoms with Crippen LogP contribution < -0.4 is 10.6 Å². The van der Waals surface area contributed by atoms with Gasteiger partial charge in [0.25, 0.3) is 0 Å². The third-order valence-corrected chi connectivity index (χ3v) is 4.74. The molecule has 2 heterocycles. The molecule has 2 rings (SSSR count). The summed E-state index contributed by atoms with van der Waals surface area (Å²) < 4.78 is 5.43. The van der Waals surface area contributed by atoms with Crippen molar-refractivity contribution in [1.82, 2.24) is 10.6 Å². The van der Waals surface area contributed by atoms with Gasteiger partial charge in [0.15, 0.2) is 0 Å². The Bertz CT molecular complexity index is 688. The molecule has 0 saturated heterocycles. The number of amides is 2. The molecule has 3 N–H and O–H groups in total. The molecule has 0 spiro atoms. The van der Waals surface area contributed by atoms with Gasteiger partial charge < -0.3 is 20.2 Å². The molecule has 2 atom stereocenters. The largest absolute Gasteiger partial charge is 0.463 e. The number of carbonyl (C=O) groups is 1. The van der Waals surface area contributed by atoms with Gasteiger partial charge in [0.2, 0.25) is 0 Å². The van der Waals surface area contributed by atoms with Crippen LogP contribution in [0.5, 0.6) is 0 Å². The zero-order valence-electron chi connectivity index (χ0n) is 14.2. The predicted molar refractivity (Wildman–Crippen MR) is 91.8 cm³/mol. The number of urea groups is 1. The SMILES string of the molecule is Cc1ccc(C(C)(O)CNC(=O)NC(C)c2cc(C)sc2C)o1. The topological polar surface area (TPSA) is 74.5 Å². The Balaban J connectivity index is 1.91. The van der Waals surface area contributed by atoms with Crippen LogP contribution >= 0.6 is 11.3 Å². The first-order chi connectivity index (χ1) is 10.7. The van der Waals surface area contributed by atoms with Gasteiger partial charge in [-0.1, -0.05) is 0 Å². The van der Waals surface area contributed by atoms with E-state index in [0.717, 1.165) is 11.3 Å². The van der Waals surface area contributed by atoms with Gasteiger partial charge in [0, 0.05) is 9.75 Å². The molecule has 0 aromatic carbocycles. The number of hydrogen-bond donors (Lipinski definition) is 3. The third-order valence-electron chi connectivity index (χ3n) is 3.76. The Hall–Kier alpha value is -1.79. The summed E-state index contributed by atoms with van der Waals surface area (Å²) in [4.78, 5) is 14.5. The lowest BCUT2D eigenvalue weighted by atomic mass is 10.0. The molecule has 0 aliphatic rings. The number of nitrogens with one attached hydrogen (secondary N) is 2. The zero-order chi connectivity index (χ0) is 17.2. The normalized spacial score (nSPS) is 15.0. The second-order valence-electron chi connectivity index (χ2n) is 6.10. The van der Waals surface area contributed by atoms with Crippen molar-refractivity contribution in [2.24, 2.45) is 0 Å². The number of carbonyl (C=O) groups excluding carboxylic acids is 1. The summed E-state index contributed by atoms with van der Waals surface area (Å²) in [6, 6.07) is 5.19. The summed E-state index contributed by atoms with van der Waals surface area (Å²) >= 11 is 1.72. The standard InChI is InChI=1S/C17H24N2O3S/c1-10-6-7-15(22-10)17(5,21)9-18-16(20)19-12(3)14-8-11(2)23-13(14)4/h6-8,12,21H,9H2,1-5H3,(H2,18,19,20). The van der Waals surface area contributed by atoms with Gasteiger partial charge in [-0.05, 0) is 58.4 Å². The molecule has 0 bridgehead atoms. The molecule has 23 heavy (non-hydrogen) atoms. The molecule has 2 aromatic rings. The van der Waals surface area contributed by atoms with E-state index in [2.05, 4.69) is 23.6 Å². The maximum Gasteiger partial charge on any atom is 0.315 e. The Morgan fingerprint density at radius 3 is 2.61 bits per heavy atom. The first-order valence-corrected chi connectivity index (χ1v) is 8.41. The highest BCUT2D eigenvalue weighted by Crippen LogP contribution is 2.26. The minimum absolute atomic E-state index is 0.0696. The molecular weight excluding hydrogens is 312 g/mol. The summed E-state index contributed by atoms with van der Waals surface area (Å²) in [5, 5.41) is 16.0. The van der Waals surface area contributed by atoms with E-state index in [4.69, 9.17) is 4.42 Å². The quantitative estimate of drug-likeness (QED) is 0.782. The molecule has 0 aliphatic carbocycles. The van der Waals surface area contributed by atoms with E-state index in [1.54, 1.807) is 30.4 Å². The summed E-state index contributed by atoms with van der Waals surface area (Å²) in [6.45, 7) is 9.54. The van der Waals surface area contributed by atoms with Crippen molar-refractivity contribution in [1.29, 1.82) is 0 Å². The number of aryl methyl sites for hydroxylation is 3. The minimum Gasteiger partial charge on any atom is -0.463 e. The van der Waals surface area contributed by atoms with Crippen LogP contribution in [0.3, 0.4) is 0 Å². The summed E-state index contributed by atoms with van der Waals surface area (Å²) in [5.41, 5.74) is -0.125. The molecule has 2 unspecified atom stereocenters. The van der Waals surface area contributed by atoms with E-state index < -0.39 is 5.60 Å². The van der Waals surface area contributed by atoms with Gasteiger partial charge in [-0.2, -0.15) is 0 Å². The number of furan rings is 1. The monoisotopic (exact) mass is 336 g/mol. The molecule has 6 heteroatoms. The Morgan fingerprint density at radius 2 is 2.09 bits per heavy atom. The molecule has 0 saturated carbocycles. The molecular formula is C17H24N2O3S. The molecule has 2 amide bonds. The van der Waals surface area contributed by atoms with Crippen LogP contribution in [0.2, 0.25) is 0 Å². The van der Waals surface area contributed by atoms with Gasteiger partial charge in [-0.25, -0.2) is 4.79 Å². The highest BCUT2D eigenvalue weighted by atomic mass is 32.1. The second kappa shape index (κ2) is 6.76. The number of aliphatic hydroxyl groups is 1. The highest BCUT2D eigenvalue weighted by Gasteiger charge is 2.27. The van der Waals surface area contributed by atoms with Gasteiger partial charge in [-0.15, -0.1) is 11.3 Å². The van der Waals surface area contributed by atoms with Crippen LogP contribution in [0.25, 0.3) is 0 Å². The van der Waals surface area contributed by atoms with Crippen molar-refractivity contribution in [3.05, 3.63) is 45.0 Å². The van der Waals surface area contributed by atoms with E-state index in [9.17, 15) is 9.90 Å². The molecule has 0 fully saturated rings. The van der Waals surface area contributed by atoms with Crippen molar-refractivity contribution < 1.29 is 14.3 Å². The fraction of sp³-hybridized carbons (Fsp3) is 0.471. The average molecular weight is 336 g/mol. The van der Waals surface area contributed by atoms with Crippen LogP contribution in [-0.2, 0) is 5.60 Å². The maximum atomic E-state index is 12.1. The van der Waals surface area contributed by atoms with Crippen molar-refractivity contribution >= 4 is 17.4 Å². The van der Waals surface area contributed by atoms with E-state index in [1.807, 2.05) is 20.8 Å². The van der Waals surface area contributed by atoms with Crippen molar-refractivity contribution in [3.8, 4) is 0 Å². The zero-order valence-corrected chi connectivity index (χ0v) is 15.0. The predicted octanol–water partition coefficient (Wildman–Crippen LogP) is 3.53. The first kappa shape index (κ1) is 17.6. The lowest BCUT2D eigenvalue weighted by Gasteiger charge is -2.22. The van der Waals surface area contributed by atoms with E-state index in [1.165, 1.54) is 9.75 Å². The van der Waals surface area contributed by atoms with Gasteiger partial charge in [-0.3, -0.25) is 0 Å². The van der Waals surface area contributed by atoms with E-state index >= 15 is 0 Å². The molecule has 126 valence electrons. The number of rotatable bonds is 5. The Labute approximate surface area is 140 Å². The Kier molecular flexibility index (Phi) is 5.16. The maximum absolute atomic E-state index is 12.1. The van der Waals surface area contributed by atoms with Crippen LogP contribution in [0, 0.1) is 20.8 Å². The lowest BCUT2D eigenvalue weighted by molar-refractivity contribution is 0.0359. The minimum atomic E-state index is -1.25. The first-order valence-electron chi connectivity index (χ1n) is 7.59. The van der Waals surface area contributed by atoms with Crippen molar-refractivity contribution in [2.75, 3.05) is 6.54 Å². The summed E-state index contributed by atoms with van der Waals surface area (Å²) in [6.07, 6.45) is 0. The van der Waals surface area contributed by atoms with E-state index in [0.29, 0.717) is 5.76 Å². The van der Waals surface area contributed by atoms with Crippen molar-refractivity contribution in [3.63, 3.8) is 0 Å². The molecule has 5 nitrogen and oxygen atoms in total. The third kappa shape index (κ3) is 4.36. The van der Waals surface area contributed by atoms with Gasteiger partial charge in [0.05, 0.1) is 12.6 Å². The fourth-order valence-corrected chi connectivity index (χ4v) is 3.49. The van der Waals surface area contributed by atoms with Gasteiger partial charge >= 0.3 is 6.03 Å². The van der Waals surface area contributed by atoms with E-state index in [-0.39, 0.29) is 18.6 Å². The highest BCUT2D eigenvalue weighted by molar-refractivity contribution is 7.12. The number of thiophene rings is 1. The average Bonchev–Trinajstić information content (AvgIpc) is 3.03. The summed E-state index contributed by atoms with van der Waals surface area (Å²) in [7, 11) is 0.